The second kappa shape index (κ2) is 2.38. The molecule has 0 aliphatic carbocycles. The van der Waals surface area contributed by atoms with Gasteiger partial charge in [-0.15, -0.1) is 0 Å². The number of amides is 2. The summed E-state index contributed by atoms with van der Waals surface area (Å²) in [7, 11) is 0. The van der Waals surface area contributed by atoms with Crippen molar-refractivity contribution in [1.82, 2.24) is 0 Å². The van der Waals surface area contributed by atoms with E-state index in [1.807, 2.05) is 0 Å². The van der Waals surface area contributed by atoms with Gasteiger partial charge in [0.05, 0.1) is 0 Å². The highest BCUT2D eigenvalue weighted by molar-refractivity contribution is 6.24. The fraction of sp³-hybridized carbons (Fsp3) is 0.200. The van der Waals surface area contributed by atoms with Gasteiger partial charge in [0.15, 0.2) is 0 Å². The van der Waals surface area contributed by atoms with Gasteiger partial charge >= 0.3 is 0 Å². The second-order valence-corrected chi connectivity index (χ2v) is 1.72. The minimum Gasteiger partial charge on any atom is -0.367 e. The van der Waals surface area contributed by atoms with E-state index < -0.39 is 17.9 Å². The molecule has 1 unspecified atom stereocenters. The van der Waals surface area contributed by atoms with E-state index in [4.69, 9.17) is 5.73 Å². The van der Waals surface area contributed by atoms with Crippen LogP contribution in [0.25, 0.3) is 0 Å². The molecule has 10 heavy (non-hydrogen) atoms. The van der Waals surface area contributed by atoms with Crippen molar-refractivity contribution in [1.29, 1.82) is 0 Å². The van der Waals surface area contributed by atoms with E-state index >= 15 is 0 Å². The number of hydrogen-bond donors (Lipinski definition) is 1. The zero-order chi connectivity index (χ0) is 7.56. The molecule has 5 nitrogen and oxygen atoms in total. The van der Waals surface area contributed by atoms with E-state index in [9.17, 15) is 9.59 Å². The van der Waals surface area contributed by atoms with E-state index in [0.29, 0.717) is 0 Å². The number of hydrogen-bond acceptors (Lipinski definition) is 3. The zero-order valence-electron chi connectivity index (χ0n) is 5.02. The zero-order valence-corrected chi connectivity index (χ0v) is 5.02. The summed E-state index contributed by atoms with van der Waals surface area (Å²) in [5, 5.41) is 0. The third-order valence-electron chi connectivity index (χ3n) is 1.01. The molecule has 1 rings (SSSR count). The number of aliphatic imine (C=N–C) groups is 2. The number of primary amides is 1. The quantitative estimate of drug-likeness (QED) is 0.449. The Balaban J connectivity index is 2.80. The molecule has 0 saturated heterocycles. The molecule has 0 fully saturated rings. The number of carbonyl (C=O) groups excluding carboxylic acids is 2. The van der Waals surface area contributed by atoms with Crippen LogP contribution in [0.4, 0.5) is 0 Å². The molecule has 2 N–H and O–H groups in total. The van der Waals surface area contributed by atoms with Crippen molar-refractivity contribution in [3.8, 4) is 0 Å². The predicted octanol–water partition coefficient (Wildman–Crippen LogP) is -1.48. The molecule has 0 radical (unpaired) electrons. The maximum Gasteiger partial charge on any atom is 0.280 e. The normalized spacial score (nSPS) is 23.2. The summed E-state index contributed by atoms with van der Waals surface area (Å²) in [5.41, 5.74) is 4.81. The highest BCUT2D eigenvalue weighted by Crippen LogP contribution is 1.95. The molecule has 1 atom stereocenters. The lowest BCUT2D eigenvalue weighted by Crippen LogP contribution is -2.35. The average molecular weight is 139 g/mol. The maximum atomic E-state index is 10.6. The molecule has 5 heteroatoms. The summed E-state index contributed by atoms with van der Waals surface area (Å²) in [5.74, 6) is -1.37. The first-order chi connectivity index (χ1) is 4.72. The molecule has 0 bridgehead atoms. The Labute approximate surface area is 56.6 Å². The standard InChI is InChI=1S/C5H5N3O2/c6-4(9)3-5(10)8-2-1-7-3/h1-3H,(H2,6,9). The lowest BCUT2D eigenvalue weighted by Gasteiger charge is -2.04. The molecule has 1 aliphatic heterocycles. The molecular weight excluding hydrogens is 134 g/mol. The third kappa shape index (κ3) is 1.07. The largest absolute Gasteiger partial charge is 0.367 e. The number of rotatable bonds is 1. The Bertz CT molecular complexity index is 231. The molecule has 2 amide bonds. The molecule has 0 spiro atoms. The van der Waals surface area contributed by atoms with Crippen molar-refractivity contribution in [3.63, 3.8) is 0 Å². The Morgan fingerprint density at radius 2 is 2.30 bits per heavy atom. The van der Waals surface area contributed by atoms with Crippen LogP contribution in [-0.4, -0.2) is 30.3 Å². The van der Waals surface area contributed by atoms with E-state index in [-0.39, 0.29) is 0 Å². The Kier molecular flexibility index (Phi) is 1.57. The van der Waals surface area contributed by atoms with Crippen molar-refractivity contribution in [2.24, 2.45) is 15.7 Å². The fourth-order valence-electron chi connectivity index (χ4n) is 0.561. The van der Waals surface area contributed by atoms with Gasteiger partial charge in [-0.1, -0.05) is 0 Å². The SMILES string of the molecule is NC(=O)C1N=CC=NC1=O. The molecular formula is C5H5N3O2. The molecule has 0 aromatic carbocycles. The highest BCUT2D eigenvalue weighted by Gasteiger charge is 2.22. The first kappa shape index (κ1) is 6.60. The van der Waals surface area contributed by atoms with E-state index in [1.54, 1.807) is 0 Å². The lowest BCUT2D eigenvalue weighted by molar-refractivity contribution is -0.127. The van der Waals surface area contributed by atoms with E-state index in [1.165, 1.54) is 12.4 Å². The topological polar surface area (TPSA) is 84.9 Å². The predicted molar refractivity (Wildman–Crippen MR) is 35.0 cm³/mol. The van der Waals surface area contributed by atoms with Gasteiger partial charge in [-0.3, -0.25) is 14.6 Å². The minimum absolute atomic E-state index is 0.602. The van der Waals surface area contributed by atoms with Crippen LogP contribution in [0.5, 0.6) is 0 Å². The van der Waals surface area contributed by atoms with Crippen LogP contribution in [-0.2, 0) is 9.59 Å². The third-order valence-corrected chi connectivity index (χ3v) is 1.01. The first-order valence-corrected chi connectivity index (χ1v) is 2.61. The van der Waals surface area contributed by atoms with Gasteiger partial charge < -0.3 is 5.73 Å². The van der Waals surface area contributed by atoms with Crippen molar-refractivity contribution in [2.45, 2.75) is 6.04 Å². The summed E-state index contributed by atoms with van der Waals surface area (Å²) in [6, 6.07) is -1.11. The van der Waals surface area contributed by atoms with E-state index in [2.05, 4.69) is 9.98 Å². The molecule has 0 saturated carbocycles. The Morgan fingerprint density at radius 1 is 1.60 bits per heavy atom. The van der Waals surface area contributed by atoms with Crippen LogP contribution in [0.2, 0.25) is 0 Å². The number of carbonyl (C=O) groups is 2. The Morgan fingerprint density at radius 3 is 2.70 bits per heavy atom. The number of nitrogens with zero attached hydrogens (tertiary/aromatic N) is 2. The molecule has 1 aliphatic rings. The van der Waals surface area contributed by atoms with Crippen LogP contribution in [0, 0.1) is 0 Å². The van der Waals surface area contributed by atoms with Gasteiger partial charge in [0.25, 0.3) is 11.8 Å². The summed E-state index contributed by atoms with van der Waals surface area (Å²) in [4.78, 5) is 27.8. The Hall–Kier alpha value is -1.52. The van der Waals surface area contributed by atoms with Crippen LogP contribution in [0.1, 0.15) is 0 Å². The number of nitrogens with two attached hydrogens (primary N) is 1. The smallest absolute Gasteiger partial charge is 0.280 e. The van der Waals surface area contributed by atoms with Crippen molar-refractivity contribution in [2.75, 3.05) is 0 Å². The van der Waals surface area contributed by atoms with Gasteiger partial charge in [0, 0.05) is 12.4 Å². The first-order valence-electron chi connectivity index (χ1n) is 2.61. The van der Waals surface area contributed by atoms with Crippen LogP contribution in [0.15, 0.2) is 9.98 Å². The van der Waals surface area contributed by atoms with Crippen molar-refractivity contribution in [3.05, 3.63) is 0 Å². The van der Waals surface area contributed by atoms with Gasteiger partial charge in [-0.25, -0.2) is 4.99 Å². The summed E-state index contributed by atoms with van der Waals surface area (Å²) in [6.07, 6.45) is 2.50. The molecule has 0 aromatic heterocycles. The monoisotopic (exact) mass is 139 g/mol. The van der Waals surface area contributed by atoms with Crippen LogP contribution < -0.4 is 5.73 Å². The average Bonchev–Trinajstić information content (AvgIpc) is 1.88. The van der Waals surface area contributed by atoms with Gasteiger partial charge in [-0.05, 0) is 0 Å². The molecule has 1 heterocycles. The molecule has 52 valence electrons. The lowest BCUT2D eigenvalue weighted by atomic mass is 10.2. The van der Waals surface area contributed by atoms with Crippen LogP contribution >= 0.6 is 0 Å². The maximum absolute atomic E-state index is 10.6. The summed E-state index contributed by atoms with van der Waals surface area (Å²) < 4.78 is 0. The summed E-state index contributed by atoms with van der Waals surface area (Å²) >= 11 is 0. The minimum atomic E-state index is -1.11. The molecule has 0 aromatic rings. The summed E-state index contributed by atoms with van der Waals surface area (Å²) in [6.45, 7) is 0. The highest BCUT2D eigenvalue weighted by atomic mass is 16.2. The van der Waals surface area contributed by atoms with Gasteiger partial charge in [0.2, 0.25) is 6.04 Å². The fourth-order valence-corrected chi connectivity index (χ4v) is 0.561. The second-order valence-electron chi connectivity index (χ2n) is 1.72. The van der Waals surface area contributed by atoms with E-state index in [0.717, 1.165) is 0 Å². The van der Waals surface area contributed by atoms with Crippen molar-refractivity contribution >= 4 is 24.2 Å². The van der Waals surface area contributed by atoms with Gasteiger partial charge in [-0.2, -0.15) is 0 Å². The van der Waals surface area contributed by atoms with Crippen molar-refractivity contribution < 1.29 is 9.59 Å². The van der Waals surface area contributed by atoms with Gasteiger partial charge in [0.1, 0.15) is 0 Å². The van der Waals surface area contributed by atoms with Crippen LogP contribution in [0.3, 0.4) is 0 Å².